The van der Waals surface area contributed by atoms with Gasteiger partial charge in [0.1, 0.15) is 11.4 Å². The number of hydrogen-bond acceptors (Lipinski definition) is 7. The van der Waals surface area contributed by atoms with Gasteiger partial charge in [0.15, 0.2) is 12.4 Å². The standard InChI is InChI=1S/C20H20N2O5/c1-25-15-8-6-14(7-9-15)19-12-16(27-22-19)13-26-20(24)17-4-2-3-5-18(17)21-10-11-23/h2-9,12,21,23H,10-11,13H2,1H3. The average molecular weight is 368 g/mol. The van der Waals surface area contributed by atoms with Gasteiger partial charge in [0.25, 0.3) is 0 Å². The molecule has 3 rings (SSSR count). The van der Waals surface area contributed by atoms with E-state index in [-0.39, 0.29) is 13.2 Å². The van der Waals surface area contributed by atoms with E-state index in [2.05, 4.69) is 10.5 Å². The number of hydrogen-bond donors (Lipinski definition) is 2. The lowest BCUT2D eigenvalue weighted by molar-refractivity contribution is 0.0438. The minimum atomic E-state index is -0.488. The smallest absolute Gasteiger partial charge is 0.340 e. The number of rotatable bonds is 8. The lowest BCUT2D eigenvalue weighted by Crippen LogP contribution is -2.12. The molecule has 1 heterocycles. The molecule has 0 aliphatic rings. The molecule has 2 N–H and O–H groups in total. The monoisotopic (exact) mass is 368 g/mol. The number of esters is 1. The maximum atomic E-state index is 12.3. The molecule has 140 valence electrons. The van der Waals surface area contributed by atoms with E-state index in [1.165, 1.54) is 0 Å². The molecule has 0 aliphatic heterocycles. The first-order valence-electron chi connectivity index (χ1n) is 8.42. The Bertz CT molecular complexity index is 889. The van der Waals surface area contributed by atoms with Crippen LogP contribution in [0.4, 0.5) is 5.69 Å². The summed E-state index contributed by atoms with van der Waals surface area (Å²) in [5.74, 6) is 0.707. The second-order valence-corrected chi connectivity index (χ2v) is 5.68. The van der Waals surface area contributed by atoms with Crippen molar-refractivity contribution in [1.29, 1.82) is 0 Å². The second-order valence-electron chi connectivity index (χ2n) is 5.68. The van der Waals surface area contributed by atoms with Gasteiger partial charge in [-0.3, -0.25) is 0 Å². The molecule has 7 nitrogen and oxygen atoms in total. The molecular formula is C20H20N2O5. The number of methoxy groups -OCH3 is 1. The van der Waals surface area contributed by atoms with Crippen LogP contribution in [0.25, 0.3) is 11.3 Å². The maximum absolute atomic E-state index is 12.3. The van der Waals surface area contributed by atoms with E-state index in [0.717, 1.165) is 11.3 Å². The van der Waals surface area contributed by atoms with Crippen molar-refractivity contribution < 1.29 is 23.9 Å². The summed E-state index contributed by atoms with van der Waals surface area (Å²) < 4.78 is 15.7. The quantitative estimate of drug-likeness (QED) is 0.590. The highest BCUT2D eigenvalue weighted by Crippen LogP contribution is 2.23. The molecule has 0 bridgehead atoms. The molecule has 0 unspecified atom stereocenters. The van der Waals surface area contributed by atoms with Crippen LogP contribution >= 0.6 is 0 Å². The van der Waals surface area contributed by atoms with E-state index in [9.17, 15) is 4.79 Å². The van der Waals surface area contributed by atoms with Gasteiger partial charge in [-0.05, 0) is 36.4 Å². The number of aliphatic hydroxyl groups excluding tert-OH is 1. The minimum Gasteiger partial charge on any atom is -0.497 e. The van der Waals surface area contributed by atoms with Crippen LogP contribution in [0.2, 0.25) is 0 Å². The number of para-hydroxylation sites is 1. The number of aromatic nitrogens is 1. The normalized spacial score (nSPS) is 10.4. The molecule has 1 aromatic heterocycles. The molecular weight excluding hydrogens is 348 g/mol. The fraction of sp³-hybridized carbons (Fsp3) is 0.200. The minimum absolute atomic E-state index is 0.0314. The van der Waals surface area contributed by atoms with E-state index in [1.54, 1.807) is 37.4 Å². The zero-order valence-electron chi connectivity index (χ0n) is 14.8. The van der Waals surface area contributed by atoms with Crippen LogP contribution in [-0.4, -0.2) is 36.5 Å². The Morgan fingerprint density at radius 1 is 1.19 bits per heavy atom. The van der Waals surface area contributed by atoms with Crippen molar-refractivity contribution in [3.63, 3.8) is 0 Å². The lowest BCUT2D eigenvalue weighted by Gasteiger charge is -2.10. The summed E-state index contributed by atoms with van der Waals surface area (Å²) in [7, 11) is 1.61. The third-order valence-electron chi connectivity index (χ3n) is 3.86. The molecule has 27 heavy (non-hydrogen) atoms. The third-order valence-corrected chi connectivity index (χ3v) is 3.86. The SMILES string of the molecule is COc1ccc(-c2cc(COC(=O)c3ccccc3NCCO)on2)cc1. The predicted molar refractivity (Wildman–Crippen MR) is 99.6 cm³/mol. The summed E-state index contributed by atoms with van der Waals surface area (Å²) in [5.41, 5.74) is 2.51. The highest BCUT2D eigenvalue weighted by atomic mass is 16.5. The number of nitrogens with zero attached hydrogens (tertiary/aromatic N) is 1. The van der Waals surface area contributed by atoms with Gasteiger partial charge in [-0.1, -0.05) is 17.3 Å². The highest BCUT2D eigenvalue weighted by molar-refractivity contribution is 5.95. The number of benzene rings is 2. The maximum Gasteiger partial charge on any atom is 0.340 e. The van der Waals surface area contributed by atoms with Crippen LogP contribution in [-0.2, 0) is 11.3 Å². The summed E-state index contributed by atoms with van der Waals surface area (Å²) >= 11 is 0. The van der Waals surface area contributed by atoms with Gasteiger partial charge in [-0.2, -0.15) is 0 Å². The summed E-state index contributed by atoms with van der Waals surface area (Å²) in [6.45, 7) is 0.281. The largest absolute Gasteiger partial charge is 0.497 e. The number of ether oxygens (including phenoxy) is 2. The topological polar surface area (TPSA) is 93.8 Å². The summed E-state index contributed by atoms with van der Waals surface area (Å²) in [6, 6.07) is 16.1. The summed E-state index contributed by atoms with van der Waals surface area (Å²) in [6.07, 6.45) is 0. The van der Waals surface area contributed by atoms with E-state index in [4.69, 9.17) is 19.1 Å². The Labute approximate surface area is 156 Å². The van der Waals surface area contributed by atoms with Crippen LogP contribution in [0.1, 0.15) is 16.1 Å². The van der Waals surface area contributed by atoms with E-state index < -0.39 is 5.97 Å². The Morgan fingerprint density at radius 2 is 1.96 bits per heavy atom. The third kappa shape index (κ3) is 4.65. The van der Waals surface area contributed by atoms with Gasteiger partial charge in [0, 0.05) is 23.9 Å². The van der Waals surface area contributed by atoms with Crippen LogP contribution in [0.5, 0.6) is 5.75 Å². The molecule has 0 amide bonds. The van der Waals surface area contributed by atoms with Crippen LogP contribution in [0, 0.1) is 0 Å². The van der Waals surface area contributed by atoms with Crippen molar-refractivity contribution >= 4 is 11.7 Å². The van der Waals surface area contributed by atoms with Gasteiger partial charge < -0.3 is 24.4 Å². The van der Waals surface area contributed by atoms with E-state index >= 15 is 0 Å². The molecule has 0 atom stereocenters. The molecule has 0 saturated carbocycles. The van der Waals surface area contributed by atoms with Crippen molar-refractivity contribution in [1.82, 2.24) is 5.16 Å². The summed E-state index contributed by atoms with van der Waals surface area (Å²) in [5, 5.41) is 15.9. The van der Waals surface area contributed by atoms with Gasteiger partial charge in [0.05, 0.1) is 19.3 Å². The molecule has 0 radical (unpaired) electrons. The van der Waals surface area contributed by atoms with Crippen LogP contribution in [0.15, 0.2) is 59.1 Å². The Morgan fingerprint density at radius 3 is 2.70 bits per heavy atom. The Kier molecular flexibility index (Phi) is 6.06. The molecule has 0 saturated heterocycles. The first-order chi connectivity index (χ1) is 13.2. The predicted octanol–water partition coefficient (Wildman–Crippen LogP) is 3.11. The molecule has 0 fully saturated rings. The average Bonchev–Trinajstić information content (AvgIpc) is 3.20. The van der Waals surface area contributed by atoms with Crippen LogP contribution in [0.3, 0.4) is 0 Å². The number of carbonyl (C=O) groups excluding carboxylic acids is 1. The van der Waals surface area contributed by atoms with Gasteiger partial charge in [-0.25, -0.2) is 4.79 Å². The molecule has 3 aromatic rings. The van der Waals surface area contributed by atoms with Gasteiger partial charge in [0.2, 0.25) is 0 Å². The molecule has 7 heteroatoms. The first-order valence-corrected chi connectivity index (χ1v) is 8.42. The lowest BCUT2D eigenvalue weighted by atomic mass is 10.1. The fourth-order valence-electron chi connectivity index (χ4n) is 2.50. The van der Waals surface area contributed by atoms with Crippen molar-refractivity contribution in [3.05, 3.63) is 65.9 Å². The molecule has 0 aliphatic carbocycles. The van der Waals surface area contributed by atoms with Crippen molar-refractivity contribution in [2.24, 2.45) is 0 Å². The van der Waals surface area contributed by atoms with E-state index in [0.29, 0.717) is 29.2 Å². The van der Waals surface area contributed by atoms with Crippen LogP contribution < -0.4 is 10.1 Å². The van der Waals surface area contributed by atoms with E-state index in [1.807, 2.05) is 24.3 Å². The highest BCUT2D eigenvalue weighted by Gasteiger charge is 2.14. The number of aliphatic hydroxyl groups is 1. The van der Waals surface area contributed by atoms with Crippen molar-refractivity contribution in [2.45, 2.75) is 6.61 Å². The van der Waals surface area contributed by atoms with Crippen molar-refractivity contribution in [2.75, 3.05) is 25.6 Å². The Hall–Kier alpha value is -3.32. The number of carbonyl (C=O) groups is 1. The summed E-state index contributed by atoms with van der Waals surface area (Å²) in [4.78, 5) is 12.3. The van der Waals surface area contributed by atoms with Crippen molar-refractivity contribution in [3.8, 4) is 17.0 Å². The molecule has 2 aromatic carbocycles. The van der Waals surface area contributed by atoms with Gasteiger partial charge >= 0.3 is 5.97 Å². The zero-order valence-corrected chi connectivity index (χ0v) is 14.8. The second kappa shape index (κ2) is 8.86. The zero-order chi connectivity index (χ0) is 19.1. The Balaban J connectivity index is 1.64. The number of nitrogens with one attached hydrogen (secondary N) is 1. The fourth-order valence-corrected chi connectivity index (χ4v) is 2.50. The first kappa shape index (κ1) is 18.5. The van der Waals surface area contributed by atoms with Gasteiger partial charge in [-0.15, -0.1) is 0 Å². The number of anilines is 1. The molecule has 0 spiro atoms.